The molecule has 2 N–H and O–H groups in total. The van der Waals surface area contributed by atoms with Gasteiger partial charge in [0.2, 0.25) is 5.91 Å². The first-order chi connectivity index (χ1) is 9.06. The summed E-state index contributed by atoms with van der Waals surface area (Å²) in [7, 11) is 0. The number of carbonyl (C=O) groups is 1. The summed E-state index contributed by atoms with van der Waals surface area (Å²) in [6.07, 6.45) is 2.39. The first-order valence-corrected chi connectivity index (χ1v) is 8.09. The minimum atomic E-state index is -0.897. The van der Waals surface area contributed by atoms with Crippen LogP contribution in [0, 0.1) is 0 Å². The van der Waals surface area contributed by atoms with Gasteiger partial charge < -0.3 is 10.4 Å². The molecule has 0 radical (unpaired) electrons. The molecule has 19 heavy (non-hydrogen) atoms. The summed E-state index contributed by atoms with van der Waals surface area (Å²) in [5.74, 6) is 0.878. The molecular formula is C13H17Cl2NO2S. The van der Waals surface area contributed by atoms with Crippen LogP contribution in [0.2, 0.25) is 10.0 Å². The molecule has 0 fully saturated rings. The van der Waals surface area contributed by atoms with Crippen molar-refractivity contribution in [3.05, 3.63) is 33.8 Å². The fourth-order valence-electron chi connectivity index (χ4n) is 1.61. The first kappa shape index (κ1) is 16.6. The molecule has 1 rings (SSSR count). The van der Waals surface area contributed by atoms with Gasteiger partial charge in [0.15, 0.2) is 0 Å². The summed E-state index contributed by atoms with van der Waals surface area (Å²) in [5.41, 5.74) is 0.454. The van der Waals surface area contributed by atoms with Crippen molar-refractivity contribution in [2.75, 3.05) is 18.6 Å². The van der Waals surface area contributed by atoms with Crippen LogP contribution in [0.15, 0.2) is 18.2 Å². The minimum Gasteiger partial charge on any atom is -0.386 e. The van der Waals surface area contributed by atoms with Gasteiger partial charge in [-0.3, -0.25) is 4.79 Å². The number of carbonyl (C=O) groups excluding carboxylic acids is 1. The molecule has 0 saturated heterocycles. The standard InChI is InChI=1S/C13H17Cl2NO2S/c1-19-7-3-6-12(18)16-8-11(17)13-9(14)4-2-5-10(13)15/h2,4-5,11,17H,3,6-8H2,1H3,(H,16,18). The van der Waals surface area contributed by atoms with Crippen molar-refractivity contribution >= 4 is 40.9 Å². The lowest BCUT2D eigenvalue weighted by Gasteiger charge is -2.15. The Labute approximate surface area is 127 Å². The van der Waals surface area contributed by atoms with Gasteiger partial charge >= 0.3 is 0 Å². The number of aliphatic hydroxyl groups excluding tert-OH is 1. The van der Waals surface area contributed by atoms with Crippen LogP contribution in [-0.4, -0.2) is 29.6 Å². The van der Waals surface area contributed by atoms with Crippen molar-refractivity contribution < 1.29 is 9.90 Å². The number of nitrogens with one attached hydrogen (secondary N) is 1. The van der Waals surface area contributed by atoms with E-state index < -0.39 is 6.10 Å². The van der Waals surface area contributed by atoms with Gasteiger partial charge in [0.05, 0.1) is 6.10 Å². The SMILES string of the molecule is CSCCCC(=O)NCC(O)c1c(Cl)cccc1Cl. The molecule has 0 saturated carbocycles. The van der Waals surface area contributed by atoms with Crippen LogP contribution >= 0.6 is 35.0 Å². The van der Waals surface area contributed by atoms with Crippen molar-refractivity contribution in [1.29, 1.82) is 0 Å². The predicted molar refractivity (Wildman–Crippen MR) is 82.0 cm³/mol. The number of rotatable bonds is 7. The van der Waals surface area contributed by atoms with E-state index in [9.17, 15) is 9.90 Å². The van der Waals surface area contributed by atoms with Crippen molar-refractivity contribution in [2.24, 2.45) is 0 Å². The van der Waals surface area contributed by atoms with Gasteiger partial charge in [-0.1, -0.05) is 29.3 Å². The van der Waals surface area contributed by atoms with Crippen molar-refractivity contribution in [3.8, 4) is 0 Å². The number of halogens is 2. The molecular weight excluding hydrogens is 305 g/mol. The van der Waals surface area contributed by atoms with Crippen LogP contribution in [0.4, 0.5) is 0 Å². The van der Waals surface area contributed by atoms with Crippen molar-refractivity contribution in [1.82, 2.24) is 5.32 Å². The fraction of sp³-hybridized carbons (Fsp3) is 0.462. The summed E-state index contributed by atoms with van der Waals surface area (Å²) >= 11 is 13.7. The van der Waals surface area contributed by atoms with Crippen LogP contribution in [0.3, 0.4) is 0 Å². The molecule has 6 heteroatoms. The Hall–Kier alpha value is -0.420. The van der Waals surface area contributed by atoms with Gasteiger partial charge in [-0.05, 0) is 30.6 Å². The van der Waals surface area contributed by atoms with Gasteiger partial charge in [0.1, 0.15) is 0 Å². The van der Waals surface area contributed by atoms with Gasteiger partial charge in [0, 0.05) is 28.6 Å². The Morgan fingerprint density at radius 1 is 1.42 bits per heavy atom. The molecule has 1 unspecified atom stereocenters. The zero-order chi connectivity index (χ0) is 14.3. The number of amides is 1. The number of benzene rings is 1. The maximum absolute atomic E-state index is 11.5. The molecule has 0 bridgehead atoms. The summed E-state index contributed by atoms with van der Waals surface area (Å²) in [4.78, 5) is 11.5. The van der Waals surface area contributed by atoms with E-state index in [1.165, 1.54) is 0 Å². The quantitative estimate of drug-likeness (QED) is 0.758. The Bertz CT molecular complexity index is 409. The maximum atomic E-state index is 11.5. The molecule has 0 aliphatic carbocycles. The molecule has 106 valence electrons. The lowest BCUT2D eigenvalue weighted by Crippen LogP contribution is -2.28. The first-order valence-electron chi connectivity index (χ1n) is 5.94. The molecule has 0 aromatic heterocycles. The van der Waals surface area contributed by atoms with E-state index in [1.54, 1.807) is 30.0 Å². The highest BCUT2D eigenvalue weighted by Gasteiger charge is 2.16. The molecule has 1 aromatic rings. The Morgan fingerprint density at radius 3 is 2.63 bits per heavy atom. The maximum Gasteiger partial charge on any atom is 0.220 e. The molecule has 0 aliphatic heterocycles. The minimum absolute atomic E-state index is 0.0729. The number of thioether (sulfide) groups is 1. The van der Waals surface area contributed by atoms with E-state index in [-0.39, 0.29) is 12.5 Å². The second-order valence-electron chi connectivity index (χ2n) is 4.05. The fourth-order valence-corrected chi connectivity index (χ4v) is 2.69. The Kier molecular flexibility index (Phi) is 7.61. The summed E-state index contributed by atoms with van der Waals surface area (Å²) in [5, 5.41) is 13.5. The van der Waals surface area contributed by atoms with Crippen LogP contribution in [0.1, 0.15) is 24.5 Å². The molecule has 0 aliphatic rings. The lowest BCUT2D eigenvalue weighted by molar-refractivity contribution is -0.121. The van der Waals surface area contributed by atoms with Crippen LogP contribution < -0.4 is 5.32 Å². The van der Waals surface area contributed by atoms with E-state index in [4.69, 9.17) is 23.2 Å². The zero-order valence-corrected chi connectivity index (χ0v) is 13.0. The Morgan fingerprint density at radius 2 is 2.05 bits per heavy atom. The normalized spacial score (nSPS) is 12.2. The largest absolute Gasteiger partial charge is 0.386 e. The van der Waals surface area contributed by atoms with Crippen LogP contribution in [0.5, 0.6) is 0 Å². The molecule has 1 amide bonds. The van der Waals surface area contributed by atoms with E-state index in [0.717, 1.165) is 12.2 Å². The van der Waals surface area contributed by atoms with Crippen molar-refractivity contribution in [3.63, 3.8) is 0 Å². The molecule has 1 atom stereocenters. The average molecular weight is 322 g/mol. The van der Waals surface area contributed by atoms with Gasteiger partial charge in [0.25, 0.3) is 0 Å². The highest BCUT2D eigenvalue weighted by atomic mass is 35.5. The summed E-state index contributed by atoms with van der Waals surface area (Å²) < 4.78 is 0. The molecule has 3 nitrogen and oxygen atoms in total. The smallest absolute Gasteiger partial charge is 0.220 e. The third-order valence-electron chi connectivity index (χ3n) is 2.58. The van der Waals surface area contributed by atoms with Crippen LogP contribution in [0.25, 0.3) is 0 Å². The Balaban J connectivity index is 2.47. The van der Waals surface area contributed by atoms with E-state index in [1.807, 2.05) is 6.26 Å². The second kappa shape index (κ2) is 8.69. The molecule has 0 spiro atoms. The highest BCUT2D eigenvalue weighted by molar-refractivity contribution is 7.98. The summed E-state index contributed by atoms with van der Waals surface area (Å²) in [6.45, 7) is 0.113. The lowest BCUT2D eigenvalue weighted by atomic mass is 10.1. The van der Waals surface area contributed by atoms with E-state index in [0.29, 0.717) is 22.0 Å². The zero-order valence-electron chi connectivity index (χ0n) is 10.7. The predicted octanol–water partition coefficient (Wildman–Crippen LogP) is 3.29. The van der Waals surface area contributed by atoms with Gasteiger partial charge in [-0.15, -0.1) is 0 Å². The van der Waals surface area contributed by atoms with Gasteiger partial charge in [-0.2, -0.15) is 11.8 Å². The molecule has 1 aromatic carbocycles. The third-order valence-corrected chi connectivity index (χ3v) is 3.93. The highest BCUT2D eigenvalue weighted by Crippen LogP contribution is 2.29. The van der Waals surface area contributed by atoms with E-state index >= 15 is 0 Å². The number of aliphatic hydroxyl groups is 1. The van der Waals surface area contributed by atoms with Crippen molar-refractivity contribution in [2.45, 2.75) is 18.9 Å². The topological polar surface area (TPSA) is 49.3 Å². The average Bonchev–Trinajstić information content (AvgIpc) is 2.36. The number of hydrogen-bond donors (Lipinski definition) is 2. The monoisotopic (exact) mass is 321 g/mol. The van der Waals surface area contributed by atoms with E-state index in [2.05, 4.69) is 5.32 Å². The number of hydrogen-bond acceptors (Lipinski definition) is 3. The van der Waals surface area contributed by atoms with Gasteiger partial charge in [-0.25, -0.2) is 0 Å². The third kappa shape index (κ3) is 5.61. The molecule has 0 heterocycles. The van der Waals surface area contributed by atoms with Crippen LogP contribution in [-0.2, 0) is 4.79 Å². The summed E-state index contributed by atoms with van der Waals surface area (Å²) in [6, 6.07) is 5.03. The second-order valence-corrected chi connectivity index (χ2v) is 5.85.